The Labute approximate surface area is 124 Å². The maximum absolute atomic E-state index is 12.4. The molecular formula is C16H22N3O2+. The summed E-state index contributed by atoms with van der Waals surface area (Å²) in [6, 6.07) is 9.38. The highest BCUT2D eigenvalue weighted by Gasteiger charge is 2.10. The number of rotatable bonds is 5. The first-order valence-corrected chi connectivity index (χ1v) is 7.14. The molecule has 0 unspecified atom stereocenters. The first-order chi connectivity index (χ1) is 9.99. The van der Waals surface area contributed by atoms with Gasteiger partial charge in [0.15, 0.2) is 0 Å². The minimum absolute atomic E-state index is 0.0677. The average molecular weight is 288 g/mol. The van der Waals surface area contributed by atoms with Crippen molar-refractivity contribution in [1.82, 2.24) is 9.88 Å². The number of pyridine rings is 1. The van der Waals surface area contributed by atoms with Crippen molar-refractivity contribution in [2.24, 2.45) is 0 Å². The first kappa shape index (κ1) is 15.3. The van der Waals surface area contributed by atoms with Gasteiger partial charge in [-0.05, 0) is 24.4 Å². The van der Waals surface area contributed by atoms with Crippen LogP contribution in [-0.2, 0) is 11.3 Å². The minimum atomic E-state index is -0.128. The lowest BCUT2D eigenvalue weighted by Gasteiger charge is -2.12. The summed E-state index contributed by atoms with van der Waals surface area (Å²) in [6.07, 6.45) is 0. The highest BCUT2D eigenvalue weighted by molar-refractivity contribution is 5.82. The van der Waals surface area contributed by atoms with Gasteiger partial charge >= 0.3 is 0 Å². The molecule has 0 fully saturated rings. The van der Waals surface area contributed by atoms with E-state index in [0.717, 1.165) is 17.6 Å². The molecule has 112 valence electrons. The molecule has 1 aromatic carbocycles. The van der Waals surface area contributed by atoms with Gasteiger partial charge in [-0.25, -0.2) is 0 Å². The summed E-state index contributed by atoms with van der Waals surface area (Å²) in [4.78, 5) is 25.7. The lowest BCUT2D eigenvalue weighted by molar-refractivity contribution is -0.856. The van der Waals surface area contributed by atoms with Gasteiger partial charge in [0.2, 0.25) is 5.91 Å². The largest absolute Gasteiger partial charge is 0.349 e. The van der Waals surface area contributed by atoms with Crippen molar-refractivity contribution in [1.29, 1.82) is 0 Å². The maximum Gasteiger partial charge on any atom is 0.259 e. The normalized spacial score (nSPS) is 11.0. The number of nitrogens with one attached hydrogen (secondary N) is 2. The number of hydrogen-bond donors (Lipinski definition) is 2. The number of quaternary nitrogens is 1. The summed E-state index contributed by atoms with van der Waals surface area (Å²) in [5.74, 6) is -0.128. The number of nitrogens with zero attached hydrogens (tertiary/aromatic N) is 1. The second-order valence-corrected chi connectivity index (χ2v) is 5.57. The zero-order valence-corrected chi connectivity index (χ0v) is 12.8. The van der Waals surface area contributed by atoms with Gasteiger partial charge in [0.05, 0.1) is 27.2 Å². The van der Waals surface area contributed by atoms with E-state index in [9.17, 15) is 9.59 Å². The Bertz CT molecular complexity index is 704. The molecule has 2 N–H and O–H groups in total. The molecule has 0 radical (unpaired) electrons. The zero-order valence-electron chi connectivity index (χ0n) is 12.8. The van der Waals surface area contributed by atoms with Crippen LogP contribution in [0.4, 0.5) is 0 Å². The minimum Gasteiger partial charge on any atom is -0.349 e. The Morgan fingerprint density at radius 2 is 2.00 bits per heavy atom. The highest BCUT2D eigenvalue weighted by atomic mass is 16.2. The third-order valence-electron chi connectivity index (χ3n) is 3.48. The molecule has 0 atom stereocenters. The summed E-state index contributed by atoms with van der Waals surface area (Å²) in [5, 5.41) is 4.40. The third-order valence-corrected chi connectivity index (χ3v) is 3.48. The number of aromatic nitrogens is 1. The molecule has 2 rings (SSSR count). The van der Waals surface area contributed by atoms with Gasteiger partial charge in [-0.15, -0.1) is 0 Å². The van der Waals surface area contributed by atoms with Crippen LogP contribution < -0.4 is 15.8 Å². The number of carbonyl (C=O) groups excluding carboxylic acids is 1. The Balaban J connectivity index is 2.18. The van der Waals surface area contributed by atoms with Crippen molar-refractivity contribution in [3.05, 3.63) is 46.4 Å². The van der Waals surface area contributed by atoms with Crippen LogP contribution >= 0.6 is 0 Å². The van der Waals surface area contributed by atoms with Crippen LogP contribution in [0, 0.1) is 6.92 Å². The number of carbonyl (C=O) groups is 1. The van der Waals surface area contributed by atoms with Crippen LogP contribution in [-0.4, -0.2) is 37.7 Å². The standard InChI is InChI=1S/C16H21N3O2/c1-12-10-13-6-4-5-7-14(13)16(21)19(12)11-15(20)17-8-9-18(2)3/h4-7,10H,8-9,11H2,1-3H3,(H,17,20)/p+1. The van der Waals surface area contributed by atoms with E-state index in [2.05, 4.69) is 5.32 Å². The molecule has 0 aliphatic carbocycles. The molecule has 1 aromatic heterocycles. The van der Waals surface area contributed by atoms with E-state index >= 15 is 0 Å². The molecule has 5 heteroatoms. The lowest BCUT2D eigenvalue weighted by Crippen LogP contribution is -3.06. The predicted octanol–water partition coefficient (Wildman–Crippen LogP) is -0.429. The molecule has 0 saturated heterocycles. The van der Waals surface area contributed by atoms with E-state index in [1.165, 1.54) is 9.47 Å². The molecule has 21 heavy (non-hydrogen) atoms. The fourth-order valence-corrected chi connectivity index (χ4v) is 2.27. The Morgan fingerprint density at radius 3 is 2.71 bits per heavy atom. The fraction of sp³-hybridized carbons (Fsp3) is 0.375. The highest BCUT2D eigenvalue weighted by Crippen LogP contribution is 2.11. The number of aryl methyl sites for hydroxylation is 1. The van der Waals surface area contributed by atoms with Crippen LogP contribution in [0.2, 0.25) is 0 Å². The quantitative estimate of drug-likeness (QED) is 0.784. The van der Waals surface area contributed by atoms with Crippen LogP contribution in [0.3, 0.4) is 0 Å². The first-order valence-electron chi connectivity index (χ1n) is 7.14. The number of likely N-dealkylation sites (N-methyl/N-ethyl adjacent to an activating group) is 1. The Kier molecular flexibility index (Phi) is 4.75. The SMILES string of the molecule is Cc1cc2ccccc2c(=O)n1CC(=O)NCC[NH+](C)C. The lowest BCUT2D eigenvalue weighted by atomic mass is 10.1. The topological polar surface area (TPSA) is 55.5 Å². The van der Waals surface area contributed by atoms with Gasteiger partial charge in [-0.3, -0.25) is 9.59 Å². The molecule has 5 nitrogen and oxygen atoms in total. The van der Waals surface area contributed by atoms with E-state index in [0.29, 0.717) is 11.9 Å². The van der Waals surface area contributed by atoms with Gasteiger partial charge in [0.1, 0.15) is 6.54 Å². The second-order valence-electron chi connectivity index (χ2n) is 5.57. The third kappa shape index (κ3) is 3.70. The van der Waals surface area contributed by atoms with Gasteiger partial charge in [-0.2, -0.15) is 0 Å². The average Bonchev–Trinajstić information content (AvgIpc) is 2.43. The molecule has 0 aliphatic heterocycles. The monoisotopic (exact) mass is 288 g/mol. The second kappa shape index (κ2) is 6.54. The van der Waals surface area contributed by atoms with E-state index in [-0.39, 0.29) is 18.0 Å². The van der Waals surface area contributed by atoms with Crippen molar-refractivity contribution >= 4 is 16.7 Å². The van der Waals surface area contributed by atoms with Crippen molar-refractivity contribution in [3.63, 3.8) is 0 Å². The number of benzene rings is 1. The summed E-state index contributed by atoms with van der Waals surface area (Å²) in [6.45, 7) is 3.39. The number of hydrogen-bond acceptors (Lipinski definition) is 2. The molecule has 0 bridgehead atoms. The van der Waals surface area contributed by atoms with Gasteiger partial charge in [0.25, 0.3) is 5.56 Å². The molecule has 0 saturated carbocycles. The van der Waals surface area contributed by atoms with E-state index < -0.39 is 0 Å². The van der Waals surface area contributed by atoms with Gasteiger partial charge in [-0.1, -0.05) is 18.2 Å². The Hall–Kier alpha value is -2.14. The van der Waals surface area contributed by atoms with Gasteiger partial charge < -0.3 is 14.8 Å². The van der Waals surface area contributed by atoms with Crippen LogP contribution in [0.15, 0.2) is 35.1 Å². The van der Waals surface area contributed by atoms with Crippen molar-refractivity contribution in [3.8, 4) is 0 Å². The van der Waals surface area contributed by atoms with Crippen molar-refractivity contribution < 1.29 is 9.69 Å². The van der Waals surface area contributed by atoms with Crippen LogP contribution in [0.25, 0.3) is 10.8 Å². The zero-order chi connectivity index (χ0) is 15.4. The summed E-state index contributed by atoms with van der Waals surface area (Å²) >= 11 is 0. The summed E-state index contributed by atoms with van der Waals surface area (Å²) in [5.41, 5.74) is 0.686. The Morgan fingerprint density at radius 1 is 1.29 bits per heavy atom. The van der Waals surface area contributed by atoms with Crippen molar-refractivity contribution in [2.45, 2.75) is 13.5 Å². The predicted molar refractivity (Wildman–Crippen MR) is 83.6 cm³/mol. The molecule has 1 heterocycles. The van der Waals surface area contributed by atoms with E-state index in [1.54, 1.807) is 6.07 Å². The summed E-state index contributed by atoms with van der Waals surface area (Å²) < 4.78 is 1.53. The number of fused-ring (bicyclic) bond motifs is 1. The molecule has 0 aliphatic rings. The molecule has 2 aromatic rings. The van der Waals surface area contributed by atoms with E-state index in [4.69, 9.17) is 0 Å². The van der Waals surface area contributed by atoms with Gasteiger partial charge in [0, 0.05) is 11.1 Å². The summed E-state index contributed by atoms with van der Waals surface area (Å²) in [7, 11) is 4.06. The molecule has 1 amide bonds. The molecular weight excluding hydrogens is 266 g/mol. The maximum atomic E-state index is 12.4. The van der Waals surface area contributed by atoms with E-state index in [1.807, 2.05) is 45.3 Å². The van der Waals surface area contributed by atoms with Crippen LogP contribution in [0.5, 0.6) is 0 Å². The smallest absolute Gasteiger partial charge is 0.259 e. The number of amides is 1. The molecule has 0 spiro atoms. The van der Waals surface area contributed by atoms with Crippen LogP contribution in [0.1, 0.15) is 5.69 Å². The fourth-order valence-electron chi connectivity index (χ4n) is 2.27. The van der Waals surface area contributed by atoms with Crippen molar-refractivity contribution in [2.75, 3.05) is 27.2 Å².